The van der Waals surface area contributed by atoms with Gasteiger partial charge < -0.3 is 9.84 Å². The van der Waals surface area contributed by atoms with E-state index in [2.05, 4.69) is 31.4 Å². The second-order valence-electron chi connectivity index (χ2n) is 6.59. The summed E-state index contributed by atoms with van der Waals surface area (Å²) in [6, 6.07) is 6.07. The lowest BCUT2D eigenvalue weighted by Crippen LogP contribution is -2.41. The van der Waals surface area contributed by atoms with Crippen LogP contribution in [0.3, 0.4) is 0 Å². The molecule has 0 aromatic carbocycles. The molecular formula is C17H20N6O. The molecule has 2 aromatic rings. The fourth-order valence-corrected chi connectivity index (χ4v) is 3.10. The first-order chi connectivity index (χ1) is 11.8. The van der Waals surface area contributed by atoms with Crippen LogP contribution in [0.15, 0.2) is 22.9 Å². The van der Waals surface area contributed by atoms with Crippen molar-refractivity contribution < 1.29 is 4.52 Å². The second-order valence-corrected chi connectivity index (χ2v) is 6.59. The van der Waals surface area contributed by atoms with Gasteiger partial charge in [0.15, 0.2) is 5.82 Å². The van der Waals surface area contributed by atoms with Crippen molar-refractivity contribution in [3.8, 4) is 6.07 Å². The smallest absolute Gasteiger partial charge is 0.229 e. The van der Waals surface area contributed by atoms with Crippen LogP contribution in [-0.2, 0) is 6.54 Å². The van der Waals surface area contributed by atoms with Crippen LogP contribution in [0.5, 0.6) is 0 Å². The van der Waals surface area contributed by atoms with Crippen molar-refractivity contribution in [2.45, 2.75) is 44.2 Å². The molecule has 24 heavy (non-hydrogen) atoms. The van der Waals surface area contributed by atoms with Crippen LogP contribution in [-0.4, -0.2) is 39.2 Å². The SMILES string of the molecule is N#Cc1ccc(NC2CCCN(Cc3noc(C4CC4)n3)C2)nc1. The molecule has 2 aromatic heterocycles. The number of pyridine rings is 1. The number of hydrogen-bond acceptors (Lipinski definition) is 7. The number of likely N-dealkylation sites (tertiary alicyclic amines) is 1. The van der Waals surface area contributed by atoms with Crippen LogP contribution in [0.25, 0.3) is 0 Å². The van der Waals surface area contributed by atoms with E-state index in [-0.39, 0.29) is 0 Å². The van der Waals surface area contributed by atoms with Gasteiger partial charge in [-0.3, -0.25) is 4.90 Å². The lowest BCUT2D eigenvalue weighted by molar-refractivity contribution is 0.201. The van der Waals surface area contributed by atoms with Gasteiger partial charge in [0.2, 0.25) is 5.89 Å². The van der Waals surface area contributed by atoms with E-state index in [1.807, 2.05) is 6.07 Å². The third-order valence-corrected chi connectivity index (χ3v) is 4.53. The van der Waals surface area contributed by atoms with Crippen LogP contribution in [0.1, 0.15) is 48.9 Å². The van der Waals surface area contributed by atoms with Crippen LogP contribution in [0.4, 0.5) is 5.82 Å². The standard InChI is InChI=1S/C17H20N6O/c18-8-12-3-6-15(19-9-12)20-14-2-1-7-23(10-14)11-16-21-17(24-22-16)13-4-5-13/h3,6,9,13-14H,1-2,4-5,7,10-11H2,(H,19,20). The average Bonchev–Trinajstić information content (AvgIpc) is 3.36. The Morgan fingerprint density at radius 1 is 1.33 bits per heavy atom. The molecule has 1 aliphatic heterocycles. The van der Waals surface area contributed by atoms with Gasteiger partial charge in [-0.15, -0.1) is 0 Å². The molecule has 1 atom stereocenters. The minimum Gasteiger partial charge on any atom is -0.366 e. The normalized spacial score (nSPS) is 21.4. The van der Waals surface area contributed by atoms with Crippen molar-refractivity contribution in [3.05, 3.63) is 35.6 Å². The predicted molar refractivity (Wildman–Crippen MR) is 87.1 cm³/mol. The average molecular weight is 324 g/mol. The van der Waals surface area contributed by atoms with Gasteiger partial charge in [0.1, 0.15) is 11.9 Å². The zero-order chi connectivity index (χ0) is 16.4. The number of hydrogen-bond donors (Lipinski definition) is 1. The molecule has 7 heteroatoms. The fourth-order valence-electron chi connectivity index (χ4n) is 3.10. The summed E-state index contributed by atoms with van der Waals surface area (Å²) in [6.45, 7) is 2.70. The summed E-state index contributed by atoms with van der Waals surface area (Å²) in [5.74, 6) is 2.91. The highest BCUT2D eigenvalue weighted by Gasteiger charge is 2.30. The fraction of sp³-hybridized carbons (Fsp3) is 0.529. The first-order valence-corrected chi connectivity index (χ1v) is 8.47. The van der Waals surface area contributed by atoms with Gasteiger partial charge in [0, 0.05) is 24.7 Å². The molecule has 4 rings (SSSR count). The van der Waals surface area contributed by atoms with E-state index in [1.165, 1.54) is 12.8 Å². The molecule has 1 N–H and O–H groups in total. The Kier molecular flexibility index (Phi) is 4.13. The van der Waals surface area contributed by atoms with E-state index in [0.29, 0.717) is 17.5 Å². The Bertz CT molecular complexity index is 730. The highest BCUT2D eigenvalue weighted by atomic mass is 16.5. The number of nitriles is 1. The lowest BCUT2D eigenvalue weighted by atomic mass is 10.1. The molecule has 3 heterocycles. The van der Waals surface area contributed by atoms with Gasteiger partial charge >= 0.3 is 0 Å². The van der Waals surface area contributed by atoms with Gasteiger partial charge in [-0.25, -0.2) is 4.98 Å². The number of nitrogens with zero attached hydrogens (tertiary/aromatic N) is 5. The number of aromatic nitrogens is 3. The van der Waals surface area contributed by atoms with Gasteiger partial charge in [-0.1, -0.05) is 5.16 Å². The second kappa shape index (κ2) is 6.57. The summed E-state index contributed by atoms with van der Waals surface area (Å²) in [6.07, 6.45) is 6.19. The molecular weight excluding hydrogens is 304 g/mol. The van der Waals surface area contributed by atoms with Crippen molar-refractivity contribution >= 4 is 5.82 Å². The minimum atomic E-state index is 0.342. The first-order valence-electron chi connectivity index (χ1n) is 8.47. The number of anilines is 1. The van der Waals surface area contributed by atoms with Crippen molar-refractivity contribution in [2.24, 2.45) is 0 Å². The van der Waals surface area contributed by atoms with Crippen molar-refractivity contribution in [1.82, 2.24) is 20.0 Å². The van der Waals surface area contributed by atoms with E-state index in [1.54, 1.807) is 12.3 Å². The summed E-state index contributed by atoms with van der Waals surface area (Å²) in [7, 11) is 0. The third-order valence-electron chi connectivity index (χ3n) is 4.53. The zero-order valence-electron chi connectivity index (χ0n) is 13.5. The lowest BCUT2D eigenvalue weighted by Gasteiger charge is -2.32. The summed E-state index contributed by atoms with van der Waals surface area (Å²) < 4.78 is 5.33. The Morgan fingerprint density at radius 3 is 3.00 bits per heavy atom. The van der Waals surface area contributed by atoms with Gasteiger partial charge in [-0.05, 0) is 44.4 Å². The maximum Gasteiger partial charge on any atom is 0.229 e. The summed E-state index contributed by atoms with van der Waals surface area (Å²) >= 11 is 0. The maximum atomic E-state index is 8.83. The molecule has 124 valence electrons. The Morgan fingerprint density at radius 2 is 2.25 bits per heavy atom. The molecule has 1 saturated heterocycles. The van der Waals surface area contributed by atoms with Crippen molar-refractivity contribution in [2.75, 3.05) is 18.4 Å². The van der Waals surface area contributed by atoms with E-state index < -0.39 is 0 Å². The van der Waals surface area contributed by atoms with E-state index in [9.17, 15) is 0 Å². The molecule has 1 aliphatic carbocycles. The Labute approximate surface area is 140 Å². The first kappa shape index (κ1) is 15.1. The van der Waals surface area contributed by atoms with Crippen LogP contribution in [0.2, 0.25) is 0 Å². The Balaban J connectivity index is 1.33. The number of piperidine rings is 1. The van der Waals surface area contributed by atoms with Crippen LogP contribution in [0, 0.1) is 11.3 Å². The van der Waals surface area contributed by atoms with Gasteiger partial charge in [-0.2, -0.15) is 10.2 Å². The summed E-state index contributed by atoms with van der Waals surface area (Å²) in [5.41, 5.74) is 0.578. The van der Waals surface area contributed by atoms with Crippen molar-refractivity contribution in [3.63, 3.8) is 0 Å². The molecule has 2 fully saturated rings. The topological polar surface area (TPSA) is 90.9 Å². The van der Waals surface area contributed by atoms with E-state index >= 15 is 0 Å². The van der Waals surface area contributed by atoms with Gasteiger partial charge in [0.05, 0.1) is 12.1 Å². The molecule has 7 nitrogen and oxygen atoms in total. The quantitative estimate of drug-likeness (QED) is 0.902. The zero-order valence-corrected chi connectivity index (χ0v) is 13.5. The molecule has 0 radical (unpaired) electrons. The number of rotatable bonds is 5. The van der Waals surface area contributed by atoms with E-state index in [0.717, 1.165) is 50.0 Å². The molecule has 0 amide bonds. The summed E-state index contributed by atoms with van der Waals surface area (Å²) in [4.78, 5) is 11.2. The van der Waals surface area contributed by atoms with Crippen LogP contribution >= 0.6 is 0 Å². The molecule has 1 unspecified atom stereocenters. The monoisotopic (exact) mass is 324 g/mol. The molecule has 2 aliphatic rings. The van der Waals surface area contributed by atoms with E-state index in [4.69, 9.17) is 9.78 Å². The minimum absolute atomic E-state index is 0.342. The highest BCUT2D eigenvalue weighted by molar-refractivity contribution is 5.39. The Hall–Kier alpha value is -2.46. The largest absolute Gasteiger partial charge is 0.366 e. The molecule has 1 saturated carbocycles. The van der Waals surface area contributed by atoms with Gasteiger partial charge in [0.25, 0.3) is 0 Å². The highest BCUT2D eigenvalue weighted by Crippen LogP contribution is 2.38. The van der Waals surface area contributed by atoms with Crippen LogP contribution < -0.4 is 5.32 Å². The van der Waals surface area contributed by atoms with Crippen molar-refractivity contribution in [1.29, 1.82) is 5.26 Å². The predicted octanol–water partition coefficient (Wildman–Crippen LogP) is 2.29. The molecule has 0 spiro atoms. The molecule has 0 bridgehead atoms. The number of nitrogens with one attached hydrogen (secondary N) is 1. The maximum absolute atomic E-state index is 8.83. The third kappa shape index (κ3) is 3.54. The summed E-state index contributed by atoms with van der Waals surface area (Å²) in [5, 5.41) is 16.4.